The minimum absolute atomic E-state index is 0.269. The van der Waals surface area contributed by atoms with Crippen molar-refractivity contribution < 1.29 is 19.3 Å². The van der Waals surface area contributed by atoms with Gasteiger partial charge in [-0.3, -0.25) is 0 Å². The Balaban J connectivity index is 2.31. The van der Waals surface area contributed by atoms with Crippen LogP contribution in [0.5, 0.6) is 0 Å². The number of ether oxygens (including phenoxy) is 3. The SMILES string of the molecule is COC(C/C=C\[C@H](O)[C@H](C)OCc1ccccc1)OC. The van der Waals surface area contributed by atoms with Gasteiger partial charge in [0, 0.05) is 20.6 Å². The largest absolute Gasteiger partial charge is 0.386 e. The molecule has 0 spiro atoms. The fourth-order valence-corrected chi connectivity index (χ4v) is 1.67. The summed E-state index contributed by atoms with van der Waals surface area (Å²) in [5.74, 6) is 0. The zero-order valence-corrected chi connectivity index (χ0v) is 12.4. The van der Waals surface area contributed by atoms with Crippen LogP contribution in [0.2, 0.25) is 0 Å². The Hall–Kier alpha value is -1.20. The molecule has 0 aliphatic carbocycles. The molecule has 20 heavy (non-hydrogen) atoms. The van der Waals surface area contributed by atoms with Gasteiger partial charge < -0.3 is 19.3 Å². The summed E-state index contributed by atoms with van der Waals surface area (Å²) in [6, 6.07) is 9.89. The number of aliphatic hydroxyl groups is 1. The number of rotatable bonds is 9. The summed E-state index contributed by atoms with van der Waals surface area (Å²) in [5.41, 5.74) is 1.09. The van der Waals surface area contributed by atoms with Gasteiger partial charge in [0.25, 0.3) is 0 Å². The first-order valence-corrected chi connectivity index (χ1v) is 6.73. The summed E-state index contributed by atoms with van der Waals surface area (Å²) >= 11 is 0. The molecule has 0 saturated heterocycles. The Morgan fingerprint density at radius 2 is 1.80 bits per heavy atom. The van der Waals surface area contributed by atoms with Crippen molar-refractivity contribution in [3.63, 3.8) is 0 Å². The maximum absolute atomic E-state index is 9.96. The second-order valence-corrected chi connectivity index (χ2v) is 4.56. The molecule has 0 radical (unpaired) electrons. The number of methoxy groups -OCH3 is 2. The summed E-state index contributed by atoms with van der Waals surface area (Å²) in [4.78, 5) is 0. The van der Waals surface area contributed by atoms with Gasteiger partial charge in [0.1, 0.15) is 0 Å². The molecule has 0 aliphatic heterocycles. The predicted molar refractivity (Wildman–Crippen MR) is 78.3 cm³/mol. The van der Waals surface area contributed by atoms with E-state index in [1.54, 1.807) is 20.3 Å². The third-order valence-corrected chi connectivity index (χ3v) is 3.02. The van der Waals surface area contributed by atoms with Crippen LogP contribution in [0.3, 0.4) is 0 Å². The van der Waals surface area contributed by atoms with Crippen molar-refractivity contribution in [1.29, 1.82) is 0 Å². The van der Waals surface area contributed by atoms with Crippen molar-refractivity contribution in [1.82, 2.24) is 0 Å². The summed E-state index contributed by atoms with van der Waals surface area (Å²) in [6.45, 7) is 2.34. The Morgan fingerprint density at radius 3 is 2.40 bits per heavy atom. The van der Waals surface area contributed by atoms with Gasteiger partial charge in [-0.2, -0.15) is 0 Å². The van der Waals surface area contributed by atoms with Crippen molar-refractivity contribution in [2.45, 2.75) is 38.4 Å². The molecule has 1 aromatic rings. The van der Waals surface area contributed by atoms with Crippen LogP contribution in [0.4, 0.5) is 0 Å². The lowest BCUT2D eigenvalue weighted by molar-refractivity contribution is -0.0988. The van der Waals surface area contributed by atoms with E-state index in [9.17, 15) is 5.11 Å². The first kappa shape index (κ1) is 16.9. The fraction of sp³-hybridized carbons (Fsp3) is 0.500. The fourth-order valence-electron chi connectivity index (χ4n) is 1.67. The van der Waals surface area contributed by atoms with Gasteiger partial charge in [0.2, 0.25) is 0 Å². The lowest BCUT2D eigenvalue weighted by Gasteiger charge is -2.17. The average molecular weight is 280 g/mol. The van der Waals surface area contributed by atoms with Gasteiger partial charge in [0.05, 0.1) is 18.8 Å². The Morgan fingerprint density at radius 1 is 1.15 bits per heavy atom. The minimum Gasteiger partial charge on any atom is -0.386 e. The van der Waals surface area contributed by atoms with E-state index in [4.69, 9.17) is 14.2 Å². The number of hydrogen-bond donors (Lipinski definition) is 1. The molecule has 0 unspecified atom stereocenters. The van der Waals surface area contributed by atoms with Gasteiger partial charge in [-0.1, -0.05) is 42.5 Å². The van der Waals surface area contributed by atoms with Crippen LogP contribution in [-0.2, 0) is 20.8 Å². The van der Waals surface area contributed by atoms with E-state index in [2.05, 4.69) is 0 Å². The zero-order chi connectivity index (χ0) is 14.8. The average Bonchev–Trinajstić information content (AvgIpc) is 2.50. The highest BCUT2D eigenvalue weighted by atomic mass is 16.7. The molecule has 2 atom stereocenters. The maximum atomic E-state index is 9.96. The van der Waals surface area contributed by atoms with Crippen molar-refractivity contribution in [2.24, 2.45) is 0 Å². The van der Waals surface area contributed by atoms with Crippen LogP contribution in [0.1, 0.15) is 18.9 Å². The topological polar surface area (TPSA) is 47.9 Å². The first-order valence-electron chi connectivity index (χ1n) is 6.73. The predicted octanol–water partition coefficient (Wildman–Crippen LogP) is 2.52. The van der Waals surface area contributed by atoms with Gasteiger partial charge in [-0.05, 0) is 12.5 Å². The Bertz CT molecular complexity index is 373. The number of hydrogen-bond acceptors (Lipinski definition) is 4. The molecule has 1 aromatic carbocycles. The van der Waals surface area contributed by atoms with Crippen LogP contribution in [0, 0.1) is 0 Å². The zero-order valence-electron chi connectivity index (χ0n) is 12.4. The van der Waals surface area contributed by atoms with Crippen LogP contribution in [-0.4, -0.2) is 37.8 Å². The van der Waals surface area contributed by atoms with Gasteiger partial charge in [-0.15, -0.1) is 0 Å². The molecule has 112 valence electrons. The molecule has 4 nitrogen and oxygen atoms in total. The van der Waals surface area contributed by atoms with E-state index in [-0.39, 0.29) is 12.4 Å². The third-order valence-electron chi connectivity index (χ3n) is 3.02. The minimum atomic E-state index is -0.645. The summed E-state index contributed by atoms with van der Waals surface area (Å²) in [5, 5.41) is 9.96. The second kappa shape index (κ2) is 9.66. The van der Waals surface area contributed by atoms with Crippen molar-refractivity contribution in [2.75, 3.05) is 14.2 Å². The summed E-state index contributed by atoms with van der Waals surface area (Å²) in [7, 11) is 3.17. The van der Waals surface area contributed by atoms with E-state index in [1.807, 2.05) is 43.3 Å². The highest BCUT2D eigenvalue weighted by Crippen LogP contribution is 2.08. The first-order chi connectivity index (χ1) is 9.67. The smallest absolute Gasteiger partial charge is 0.160 e. The van der Waals surface area contributed by atoms with Gasteiger partial charge in [-0.25, -0.2) is 0 Å². The maximum Gasteiger partial charge on any atom is 0.160 e. The molecule has 0 amide bonds. The lowest BCUT2D eigenvalue weighted by Crippen LogP contribution is -2.24. The van der Waals surface area contributed by atoms with Crippen molar-refractivity contribution in [3.8, 4) is 0 Å². The van der Waals surface area contributed by atoms with Crippen LogP contribution >= 0.6 is 0 Å². The highest BCUT2D eigenvalue weighted by Gasteiger charge is 2.11. The normalized spacial score (nSPS) is 14.8. The van der Waals surface area contributed by atoms with Gasteiger partial charge in [0.15, 0.2) is 6.29 Å². The molecule has 0 heterocycles. The molecule has 0 saturated carbocycles. The molecule has 1 N–H and O–H groups in total. The molecular weight excluding hydrogens is 256 g/mol. The standard InChI is InChI=1S/C16H24O4/c1-13(20-12-14-8-5-4-6-9-14)15(17)10-7-11-16(18-2)19-3/h4-10,13,15-17H,11-12H2,1-3H3/b10-7-/t13-,15-/m0/s1. The lowest BCUT2D eigenvalue weighted by atomic mass is 10.2. The van der Waals surface area contributed by atoms with E-state index < -0.39 is 6.10 Å². The number of benzene rings is 1. The Kier molecular flexibility index (Phi) is 8.14. The molecular formula is C16H24O4. The molecule has 0 aliphatic rings. The van der Waals surface area contributed by atoms with E-state index in [0.29, 0.717) is 13.0 Å². The Labute approximate surface area is 121 Å². The highest BCUT2D eigenvalue weighted by molar-refractivity contribution is 5.13. The third kappa shape index (κ3) is 6.30. The molecule has 0 fully saturated rings. The molecule has 1 rings (SSSR count). The molecule has 0 bridgehead atoms. The molecule has 0 aromatic heterocycles. The van der Waals surface area contributed by atoms with E-state index >= 15 is 0 Å². The monoisotopic (exact) mass is 280 g/mol. The van der Waals surface area contributed by atoms with Crippen LogP contribution < -0.4 is 0 Å². The van der Waals surface area contributed by atoms with E-state index in [1.165, 1.54) is 0 Å². The molecule has 4 heteroatoms. The van der Waals surface area contributed by atoms with Crippen molar-refractivity contribution >= 4 is 0 Å². The van der Waals surface area contributed by atoms with Crippen molar-refractivity contribution in [3.05, 3.63) is 48.0 Å². The summed E-state index contributed by atoms with van der Waals surface area (Å²) < 4.78 is 15.8. The van der Waals surface area contributed by atoms with Gasteiger partial charge >= 0.3 is 0 Å². The van der Waals surface area contributed by atoms with Crippen LogP contribution in [0.25, 0.3) is 0 Å². The second-order valence-electron chi connectivity index (χ2n) is 4.56. The quantitative estimate of drug-likeness (QED) is 0.558. The van der Waals surface area contributed by atoms with E-state index in [0.717, 1.165) is 5.56 Å². The number of aliphatic hydroxyl groups excluding tert-OH is 1. The summed E-state index contributed by atoms with van der Waals surface area (Å²) in [6.07, 6.45) is 2.95. The van der Waals surface area contributed by atoms with Crippen LogP contribution in [0.15, 0.2) is 42.5 Å².